The molecule has 1 aromatic carbocycles. The zero-order chi connectivity index (χ0) is 16.8. The molecule has 0 saturated carbocycles. The maximum atomic E-state index is 11.9. The highest BCUT2D eigenvalue weighted by Gasteiger charge is 2.13. The summed E-state index contributed by atoms with van der Waals surface area (Å²) in [6.07, 6.45) is -0.126. The quantitative estimate of drug-likeness (QED) is 0.745. The van der Waals surface area contributed by atoms with Crippen LogP contribution >= 0.6 is 0 Å². The topological polar surface area (TPSA) is 95.5 Å². The molecule has 0 saturated heterocycles. The van der Waals surface area contributed by atoms with Crippen LogP contribution in [-0.4, -0.2) is 36.0 Å². The number of rotatable bonds is 6. The van der Waals surface area contributed by atoms with Gasteiger partial charge in [0.2, 0.25) is 0 Å². The van der Waals surface area contributed by atoms with E-state index in [1.54, 1.807) is 24.3 Å². The Morgan fingerprint density at radius 2 is 1.41 bits per heavy atom. The van der Waals surface area contributed by atoms with Gasteiger partial charge in [-0.05, 0) is 29.7 Å². The van der Waals surface area contributed by atoms with Gasteiger partial charge in [-0.2, -0.15) is 0 Å². The molecule has 22 heavy (non-hydrogen) atoms. The fraction of sp³-hybridized carbons (Fsp3) is 0.438. The Labute approximate surface area is 129 Å². The molecule has 0 atom stereocenters. The van der Waals surface area contributed by atoms with Crippen LogP contribution in [0.2, 0.25) is 0 Å². The SMILES string of the molecule is CC(C)(C)CNC(=O)c1ccc(C(=O)NCCC(=O)O)cc1. The molecule has 3 N–H and O–H groups in total. The summed E-state index contributed by atoms with van der Waals surface area (Å²) in [6.45, 7) is 6.71. The standard InChI is InChI=1S/C16H22N2O4/c1-16(2,3)10-18-15(22)12-6-4-11(5-7-12)14(21)17-9-8-13(19)20/h4-7H,8-10H2,1-3H3,(H,17,21)(H,18,22)(H,19,20). The molecule has 2 amide bonds. The first-order valence-corrected chi connectivity index (χ1v) is 7.07. The molecule has 120 valence electrons. The van der Waals surface area contributed by atoms with Crippen LogP contribution in [0, 0.1) is 5.41 Å². The third kappa shape index (κ3) is 6.39. The van der Waals surface area contributed by atoms with E-state index >= 15 is 0 Å². The molecule has 6 nitrogen and oxygen atoms in total. The zero-order valence-corrected chi connectivity index (χ0v) is 13.1. The predicted molar refractivity (Wildman–Crippen MR) is 82.8 cm³/mol. The number of aliphatic carboxylic acids is 1. The Kier molecular flexibility index (Phi) is 6.10. The molecule has 1 rings (SSSR count). The lowest BCUT2D eigenvalue weighted by Gasteiger charge is -2.18. The van der Waals surface area contributed by atoms with Gasteiger partial charge < -0.3 is 15.7 Å². The molecule has 0 radical (unpaired) electrons. The van der Waals surface area contributed by atoms with Crippen molar-refractivity contribution in [1.29, 1.82) is 0 Å². The molecule has 0 aliphatic heterocycles. The number of carbonyl (C=O) groups excluding carboxylic acids is 2. The first kappa shape index (κ1) is 17.7. The number of hydrogen-bond acceptors (Lipinski definition) is 3. The lowest BCUT2D eigenvalue weighted by atomic mass is 9.97. The van der Waals surface area contributed by atoms with E-state index in [2.05, 4.69) is 10.6 Å². The number of carboxylic acids is 1. The summed E-state index contributed by atoms with van der Waals surface area (Å²) in [5.74, 6) is -1.51. The average molecular weight is 306 g/mol. The van der Waals surface area contributed by atoms with E-state index in [4.69, 9.17) is 5.11 Å². The van der Waals surface area contributed by atoms with Crippen molar-refractivity contribution in [2.75, 3.05) is 13.1 Å². The lowest BCUT2D eigenvalue weighted by Crippen LogP contribution is -2.32. The summed E-state index contributed by atoms with van der Waals surface area (Å²) in [4.78, 5) is 34.1. The van der Waals surface area contributed by atoms with E-state index in [1.807, 2.05) is 20.8 Å². The van der Waals surface area contributed by atoms with Crippen molar-refractivity contribution in [3.8, 4) is 0 Å². The molecular weight excluding hydrogens is 284 g/mol. The van der Waals surface area contributed by atoms with Gasteiger partial charge in [-0.25, -0.2) is 0 Å². The summed E-state index contributed by atoms with van der Waals surface area (Å²) in [7, 11) is 0. The number of hydrogen-bond donors (Lipinski definition) is 3. The van der Waals surface area contributed by atoms with Crippen molar-refractivity contribution in [3.63, 3.8) is 0 Å². The molecule has 0 heterocycles. The minimum Gasteiger partial charge on any atom is -0.481 e. The number of benzene rings is 1. The van der Waals surface area contributed by atoms with Crippen LogP contribution in [0.1, 0.15) is 47.9 Å². The van der Waals surface area contributed by atoms with E-state index in [9.17, 15) is 14.4 Å². The third-order valence-electron chi connectivity index (χ3n) is 2.81. The van der Waals surface area contributed by atoms with Gasteiger partial charge in [0.1, 0.15) is 0 Å². The Morgan fingerprint density at radius 3 is 1.82 bits per heavy atom. The van der Waals surface area contributed by atoms with Crippen LogP contribution in [0.4, 0.5) is 0 Å². The van der Waals surface area contributed by atoms with Gasteiger partial charge in [-0.1, -0.05) is 20.8 Å². The minimum atomic E-state index is -0.967. The number of carboxylic acid groups (broad SMARTS) is 1. The molecule has 0 aliphatic rings. The Hall–Kier alpha value is -2.37. The summed E-state index contributed by atoms with van der Waals surface area (Å²) >= 11 is 0. The van der Waals surface area contributed by atoms with Crippen LogP contribution in [0.5, 0.6) is 0 Å². The molecule has 0 aliphatic carbocycles. The second kappa shape index (κ2) is 7.59. The Morgan fingerprint density at radius 1 is 0.955 bits per heavy atom. The molecule has 0 fully saturated rings. The van der Waals surface area contributed by atoms with E-state index in [-0.39, 0.29) is 30.2 Å². The van der Waals surface area contributed by atoms with Crippen LogP contribution in [0.25, 0.3) is 0 Å². The van der Waals surface area contributed by atoms with Gasteiger partial charge in [-0.3, -0.25) is 14.4 Å². The van der Waals surface area contributed by atoms with Crippen LogP contribution < -0.4 is 10.6 Å². The van der Waals surface area contributed by atoms with Crippen molar-refractivity contribution in [2.24, 2.45) is 5.41 Å². The molecule has 0 bridgehead atoms. The number of amides is 2. The van der Waals surface area contributed by atoms with Gasteiger partial charge >= 0.3 is 5.97 Å². The maximum absolute atomic E-state index is 11.9. The fourth-order valence-electron chi connectivity index (χ4n) is 1.61. The van der Waals surface area contributed by atoms with Crippen molar-refractivity contribution in [3.05, 3.63) is 35.4 Å². The highest BCUT2D eigenvalue weighted by molar-refractivity contribution is 5.97. The molecule has 0 spiro atoms. The molecule has 6 heteroatoms. The van der Waals surface area contributed by atoms with Gasteiger partial charge in [0, 0.05) is 24.2 Å². The van der Waals surface area contributed by atoms with Crippen LogP contribution in [-0.2, 0) is 4.79 Å². The van der Waals surface area contributed by atoms with Gasteiger partial charge in [-0.15, -0.1) is 0 Å². The first-order valence-electron chi connectivity index (χ1n) is 7.07. The number of carbonyl (C=O) groups is 3. The van der Waals surface area contributed by atoms with Crippen molar-refractivity contribution in [1.82, 2.24) is 10.6 Å². The van der Waals surface area contributed by atoms with Crippen molar-refractivity contribution < 1.29 is 19.5 Å². The van der Waals surface area contributed by atoms with Crippen molar-refractivity contribution in [2.45, 2.75) is 27.2 Å². The van der Waals surface area contributed by atoms with Crippen LogP contribution in [0.15, 0.2) is 24.3 Å². The summed E-state index contributed by atoms with van der Waals surface area (Å²) < 4.78 is 0. The van der Waals surface area contributed by atoms with E-state index in [1.165, 1.54) is 0 Å². The van der Waals surface area contributed by atoms with Crippen molar-refractivity contribution >= 4 is 17.8 Å². The van der Waals surface area contributed by atoms with Gasteiger partial charge in [0.05, 0.1) is 6.42 Å². The number of nitrogens with one attached hydrogen (secondary N) is 2. The highest BCUT2D eigenvalue weighted by atomic mass is 16.4. The third-order valence-corrected chi connectivity index (χ3v) is 2.81. The average Bonchev–Trinajstić information content (AvgIpc) is 2.43. The Balaban J connectivity index is 2.56. The fourth-order valence-corrected chi connectivity index (χ4v) is 1.61. The Bertz CT molecular complexity index is 544. The van der Waals surface area contributed by atoms with E-state index < -0.39 is 5.97 Å². The first-order chi connectivity index (χ1) is 10.2. The highest BCUT2D eigenvalue weighted by Crippen LogP contribution is 2.11. The molecule has 0 aromatic heterocycles. The monoisotopic (exact) mass is 306 g/mol. The minimum absolute atomic E-state index is 0.000370. The van der Waals surface area contributed by atoms with Gasteiger partial charge in [0.25, 0.3) is 11.8 Å². The predicted octanol–water partition coefficient (Wildman–Crippen LogP) is 1.67. The molecule has 0 unspecified atom stereocenters. The second-order valence-electron chi connectivity index (χ2n) is 6.22. The summed E-state index contributed by atoms with van der Waals surface area (Å²) in [6, 6.07) is 6.23. The van der Waals surface area contributed by atoms with E-state index in [0.717, 1.165) is 0 Å². The largest absolute Gasteiger partial charge is 0.481 e. The summed E-state index contributed by atoms with van der Waals surface area (Å²) in [5.41, 5.74) is 0.865. The lowest BCUT2D eigenvalue weighted by molar-refractivity contribution is -0.136. The van der Waals surface area contributed by atoms with Crippen LogP contribution in [0.3, 0.4) is 0 Å². The van der Waals surface area contributed by atoms with Gasteiger partial charge in [0.15, 0.2) is 0 Å². The smallest absolute Gasteiger partial charge is 0.305 e. The normalized spacial score (nSPS) is 10.9. The zero-order valence-electron chi connectivity index (χ0n) is 13.1. The maximum Gasteiger partial charge on any atom is 0.305 e. The second-order valence-corrected chi connectivity index (χ2v) is 6.22. The van der Waals surface area contributed by atoms with E-state index in [0.29, 0.717) is 17.7 Å². The molecule has 1 aromatic rings. The summed E-state index contributed by atoms with van der Waals surface area (Å²) in [5, 5.41) is 13.8. The molecular formula is C16H22N2O4.